The Morgan fingerprint density at radius 1 is 0.411 bits per heavy atom. The lowest BCUT2D eigenvalue weighted by Crippen LogP contribution is -2.22. The van der Waals surface area contributed by atoms with Crippen molar-refractivity contribution in [1.82, 2.24) is 0 Å². The Morgan fingerprint density at radius 2 is 1.05 bits per heavy atom. The molecule has 1 atom stereocenters. The first-order valence-corrected chi connectivity index (χ1v) is 19.3. The predicted octanol–water partition coefficient (Wildman–Crippen LogP) is 14.8. The summed E-state index contributed by atoms with van der Waals surface area (Å²) in [5.41, 5.74) is 16.6. The minimum Gasteiger partial charge on any atom is -0.456 e. The van der Waals surface area contributed by atoms with E-state index in [-0.39, 0.29) is 5.41 Å². The molecule has 0 amide bonds. The van der Waals surface area contributed by atoms with Gasteiger partial charge in [0, 0.05) is 33.3 Å². The molecule has 9 aromatic rings. The summed E-state index contributed by atoms with van der Waals surface area (Å²) in [5, 5.41) is 2.33. The van der Waals surface area contributed by atoms with Gasteiger partial charge in [0.2, 0.25) is 0 Å². The maximum Gasteiger partial charge on any atom is 0.135 e. The van der Waals surface area contributed by atoms with Crippen LogP contribution in [0, 0.1) is 0 Å². The number of nitrogens with zero attached hydrogens (tertiary/aromatic N) is 1. The van der Waals surface area contributed by atoms with E-state index < -0.39 is 0 Å². The van der Waals surface area contributed by atoms with Crippen LogP contribution in [0.3, 0.4) is 0 Å². The second-order valence-corrected chi connectivity index (χ2v) is 15.0. The second-order valence-electron chi connectivity index (χ2n) is 15.0. The Labute approximate surface area is 327 Å². The Morgan fingerprint density at radius 3 is 1.89 bits per heavy atom. The molecule has 0 saturated carbocycles. The molecule has 0 N–H and O–H groups in total. The lowest BCUT2D eigenvalue weighted by molar-refractivity contribution is 0.487. The number of benzene rings is 9. The van der Waals surface area contributed by atoms with Crippen LogP contribution in [0.2, 0.25) is 0 Å². The predicted molar refractivity (Wildman–Crippen MR) is 232 cm³/mol. The number of ether oxygens (including phenoxy) is 1. The van der Waals surface area contributed by atoms with Crippen LogP contribution in [0.4, 0.5) is 17.1 Å². The van der Waals surface area contributed by atoms with E-state index in [2.05, 4.69) is 212 Å². The SMILES string of the molecule is CC1(c2ccccc2)c2ccccc2-c2c(N(c3ccc(-c4ccccc4)cc3)c3cccc(-c4cc5c6c(cccc6c4)Oc4ccccc4-5)c3)cccc21. The van der Waals surface area contributed by atoms with E-state index in [0.717, 1.165) is 45.1 Å². The molecule has 2 nitrogen and oxygen atoms in total. The molecule has 1 unspecified atom stereocenters. The lowest BCUT2D eigenvalue weighted by atomic mass is 9.74. The van der Waals surface area contributed by atoms with Gasteiger partial charge in [-0.3, -0.25) is 0 Å². The van der Waals surface area contributed by atoms with Crippen molar-refractivity contribution in [3.8, 4) is 56.0 Å². The zero-order valence-electron chi connectivity index (χ0n) is 31.0. The van der Waals surface area contributed by atoms with Gasteiger partial charge < -0.3 is 9.64 Å². The monoisotopic (exact) mass is 715 g/mol. The van der Waals surface area contributed by atoms with Crippen LogP contribution in [0.15, 0.2) is 206 Å². The molecule has 1 heterocycles. The highest BCUT2D eigenvalue weighted by Gasteiger charge is 2.42. The molecule has 56 heavy (non-hydrogen) atoms. The van der Waals surface area contributed by atoms with Crippen LogP contribution in [0.5, 0.6) is 11.5 Å². The molecule has 1 aliphatic heterocycles. The lowest BCUT2D eigenvalue weighted by Gasteiger charge is -2.31. The van der Waals surface area contributed by atoms with E-state index in [4.69, 9.17) is 4.74 Å². The van der Waals surface area contributed by atoms with Gasteiger partial charge >= 0.3 is 0 Å². The number of hydrogen-bond acceptors (Lipinski definition) is 2. The quantitative estimate of drug-likeness (QED) is 0.170. The van der Waals surface area contributed by atoms with Crippen LogP contribution in [-0.4, -0.2) is 0 Å². The van der Waals surface area contributed by atoms with Crippen LogP contribution < -0.4 is 9.64 Å². The number of para-hydroxylation sites is 1. The number of rotatable bonds is 6. The molecule has 2 heteroatoms. The molecule has 264 valence electrons. The Bertz CT molecular complexity index is 2950. The van der Waals surface area contributed by atoms with Crippen molar-refractivity contribution in [2.24, 2.45) is 0 Å². The Kier molecular flexibility index (Phi) is 7.33. The first-order chi connectivity index (χ1) is 27.6. The van der Waals surface area contributed by atoms with Gasteiger partial charge in [0.1, 0.15) is 11.5 Å². The summed E-state index contributed by atoms with van der Waals surface area (Å²) in [5.74, 6) is 1.80. The van der Waals surface area contributed by atoms with E-state index in [1.54, 1.807) is 0 Å². The van der Waals surface area contributed by atoms with Gasteiger partial charge in [-0.2, -0.15) is 0 Å². The van der Waals surface area contributed by atoms with E-state index >= 15 is 0 Å². The zero-order valence-corrected chi connectivity index (χ0v) is 31.0. The number of hydrogen-bond donors (Lipinski definition) is 0. The third-order valence-electron chi connectivity index (χ3n) is 11.9. The fraction of sp³-hybridized carbons (Fsp3) is 0.0370. The van der Waals surface area contributed by atoms with Crippen molar-refractivity contribution in [2.75, 3.05) is 4.90 Å². The van der Waals surface area contributed by atoms with Gasteiger partial charge in [-0.1, -0.05) is 152 Å². The molecule has 0 bridgehead atoms. The van der Waals surface area contributed by atoms with Gasteiger partial charge in [-0.05, 0) is 117 Å². The van der Waals surface area contributed by atoms with Crippen molar-refractivity contribution in [3.63, 3.8) is 0 Å². The molecule has 11 rings (SSSR count). The molecule has 0 fully saturated rings. The van der Waals surface area contributed by atoms with Gasteiger partial charge in [-0.25, -0.2) is 0 Å². The summed E-state index contributed by atoms with van der Waals surface area (Å²) >= 11 is 0. The highest BCUT2D eigenvalue weighted by molar-refractivity contribution is 6.06. The highest BCUT2D eigenvalue weighted by atomic mass is 16.5. The summed E-state index contributed by atoms with van der Waals surface area (Å²) in [6.45, 7) is 2.39. The average Bonchev–Trinajstić information content (AvgIpc) is 3.54. The fourth-order valence-corrected chi connectivity index (χ4v) is 9.23. The largest absolute Gasteiger partial charge is 0.456 e. The zero-order chi connectivity index (χ0) is 37.2. The second kappa shape index (κ2) is 12.7. The van der Waals surface area contributed by atoms with E-state index in [1.807, 2.05) is 6.07 Å². The van der Waals surface area contributed by atoms with Gasteiger partial charge in [-0.15, -0.1) is 0 Å². The Hall–Kier alpha value is -7.16. The van der Waals surface area contributed by atoms with Crippen molar-refractivity contribution >= 4 is 27.8 Å². The smallest absolute Gasteiger partial charge is 0.135 e. The molecule has 2 aliphatic rings. The maximum absolute atomic E-state index is 6.38. The minimum atomic E-state index is -0.306. The average molecular weight is 716 g/mol. The summed E-state index contributed by atoms with van der Waals surface area (Å²) < 4.78 is 6.38. The summed E-state index contributed by atoms with van der Waals surface area (Å²) in [6, 6.07) is 74.8. The third kappa shape index (κ3) is 4.96. The van der Waals surface area contributed by atoms with E-state index in [1.165, 1.54) is 55.5 Å². The molecule has 0 radical (unpaired) electrons. The van der Waals surface area contributed by atoms with Crippen LogP contribution in [0.1, 0.15) is 23.6 Å². The molecule has 0 spiro atoms. The number of anilines is 3. The van der Waals surface area contributed by atoms with E-state index in [0.29, 0.717) is 0 Å². The van der Waals surface area contributed by atoms with Crippen molar-refractivity contribution in [1.29, 1.82) is 0 Å². The van der Waals surface area contributed by atoms with Crippen LogP contribution in [0.25, 0.3) is 55.3 Å². The molecule has 1 aliphatic carbocycles. The summed E-state index contributed by atoms with van der Waals surface area (Å²) in [6.07, 6.45) is 0. The molecule has 0 aromatic heterocycles. The van der Waals surface area contributed by atoms with Crippen molar-refractivity contribution in [3.05, 3.63) is 223 Å². The maximum atomic E-state index is 6.38. The first-order valence-electron chi connectivity index (χ1n) is 19.3. The third-order valence-corrected chi connectivity index (χ3v) is 11.9. The number of fused-ring (bicyclic) bond motifs is 5. The van der Waals surface area contributed by atoms with Crippen molar-refractivity contribution < 1.29 is 4.74 Å². The molecular formula is C54H37NO. The normalized spacial score (nSPS) is 14.7. The van der Waals surface area contributed by atoms with Gasteiger partial charge in [0.15, 0.2) is 0 Å². The summed E-state index contributed by atoms with van der Waals surface area (Å²) in [4.78, 5) is 2.46. The Balaban J connectivity index is 1.12. The standard InChI is InChI=1S/C54H37NO/c1-54(41-19-6-3-7-20-41)47-24-10-8-23-45(47)53-48(54)25-14-26-49(53)55(42-31-29-37(30-32-42)36-15-4-2-5-16-36)43-21-12-17-38(34-43)40-33-39-18-13-28-51-52(39)46(35-40)44-22-9-11-27-50(44)56-51/h2-35H,1H3. The van der Waals surface area contributed by atoms with Gasteiger partial charge in [0.25, 0.3) is 0 Å². The summed E-state index contributed by atoms with van der Waals surface area (Å²) in [7, 11) is 0. The van der Waals surface area contributed by atoms with Crippen molar-refractivity contribution in [2.45, 2.75) is 12.3 Å². The first kappa shape index (κ1) is 32.3. The molecule has 9 aromatic carbocycles. The fourth-order valence-electron chi connectivity index (χ4n) is 9.23. The minimum absolute atomic E-state index is 0.306. The van der Waals surface area contributed by atoms with Gasteiger partial charge in [0.05, 0.1) is 5.69 Å². The highest BCUT2D eigenvalue weighted by Crippen LogP contribution is 2.57. The van der Waals surface area contributed by atoms with Crippen LogP contribution >= 0.6 is 0 Å². The van der Waals surface area contributed by atoms with E-state index in [9.17, 15) is 0 Å². The molecule has 0 saturated heterocycles. The molecular weight excluding hydrogens is 679 g/mol. The van der Waals surface area contributed by atoms with Crippen LogP contribution in [-0.2, 0) is 5.41 Å². The topological polar surface area (TPSA) is 12.5 Å².